The summed E-state index contributed by atoms with van der Waals surface area (Å²) in [6.07, 6.45) is 1.47. The van der Waals surface area contributed by atoms with Gasteiger partial charge in [-0.1, -0.05) is 36.4 Å². The minimum Gasteiger partial charge on any atom is -0.487 e. The lowest BCUT2D eigenvalue weighted by Crippen LogP contribution is -2.51. The molecule has 4 rings (SSSR count). The van der Waals surface area contributed by atoms with Crippen molar-refractivity contribution in [3.8, 4) is 5.75 Å². The van der Waals surface area contributed by atoms with E-state index in [9.17, 15) is 10.2 Å². The van der Waals surface area contributed by atoms with Gasteiger partial charge in [-0.15, -0.1) is 0 Å². The zero-order chi connectivity index (χ0) is 19.0. The molecular weight excluding hydrogens is 338 g/mol. The number of aryl methyl sites for hydroxylation is 2. The van der Waals surface area contributed by atoms with Crippen LogP contribution in [0.2, 0.25) is 0 Å². The zero-order valence-corrected chi connectivity index (χ0v) is 16.2. The number of aliphatic hydroxyl groups is 2. The average Bonchev–Trinajstić information content (AvgIpc) is 2.66. The van der Waals surface area contributed by atoms with E-state index in [2.05, 4.69) is 30.9 Å². The Bertz CT molecular complexity index is 811. The molecule has 2 heterocycles. The molecule has 0 aromatic heterocycles. The fourth-order valence-corrected chi connectivity index (χ4v) is 4.36. The Labute approximate surface area is 161 Å². The summed E-state index contributed by atoms with van der Waals surface area (Å²) in [5, 5.41) is 21.2. The van der Waals surface area contributed by atoms with Gasteiger partial charge in [-0.05, 0) is 49.4 Å². The van der Waals surface area contributed by atoms with E-state index >= 15 is 0 Å². The first-order chi connectivity index (χ1) is 13.0. The van der Waals surface area contributed by atoms with Gasteiger partial charge >= 0.3 is 0 Å². The minimum atomic E-state index is -0.475. The third-order valence-electron chi connectivity index (χ3n) is 6.28. The molecule has 1 spiro atoms. The number of nitrogens with zero attached hydrogens (tertiary/aromatic N) is 1. The number of aliphatic hydroxyl groups excluding tert-OH is 2. The molecule has 4 heteroatoms. The van der Waals surface area contributed by atoms with Gasteiger partial charge in [0.15, 0.2) is 0 Å². The fourth-order valence-electron chi connectivity index (χ4n) is 4.36. The van der Waals surface area contributed by atoms with Gasteiger partial charge in [0.05, 0.1) is 12.2 Å². The molecule has 2 aromatic rings. The van der Waals surface area contributed by atoms with Crippen molar-refractivity contribution in [3.05, 3.63) is 64.7 Å². The number of rotatable bonds is 3. The van der Waals surface area contributed by atoms with Gasteiger partial charge in [-0.25, -0.2) is 0 Å². The van der Waals surface area contributed by atoms with Crippen molar-refractivity contribution >= 4 is 0 Å². The Morgan fingerprint density at radius 3 is 2.59 bits per heavy atom. The van der Waals surface area contributed by atoms with E-state index in [1.165, 1.54) is 11.1 Å². The highest BCUT2D eigenvalue weighted by molar-refractivity contribution is 5.38. The molecule has 1 saturated heterocycles. The van der Waals surface area contributed by atoms with E-state index < -0.39 is 12.2 Å². The van der Waals surface area contributed by atoms with E-state index in [0.29, 0.717) is 13.0 Å². The summed E-state index contributed by atoms with van der Waals surface area (Å²) in [4.78, 5) is 2.31. The molecule has 2 atom stereocenters. The SMILES string of the molecule is Cc1ccc([C@@H](O)CN2CCC3(CC2)C[C@@H](O)c2ccccc2O3)cc1C. The molecule has 0 radical (unpaired) electrons. The highest BCUT2D eigenvalue weighted by atomic mass is 16.5. The largest absolute Gasteiger partial charge is 0.487 e. The van der Waals surface area contributed by atoms with Crippen LogP contribution in [0.1, 0.15) is 53.7 Å². The molecule has 1 fully saturated rings. The maximum absolute atomic E-state index is 10.6. The quantitative estimate of drug-likeness (QED) is 0.869. The minimum absolute atomic E-state index is 0.282. The van der Waals surface area contributed by atoms with Gasteiger partial charge in [0, 0.05) is 31.6 Å². The van der Waals surface area contributed by atoms with Gasteiger partial charge in [-0.3, -0.25) is 0 Å². The molecule has 0 unspecified atom stereocenters. The molecule has 0 saturated carbocycles. The Balaban J connectivity index is 1.38. The smallest absolute Gasteiger partial charge is 0.125 e. The summed E-state index contributed by atoms with van der Waals surface area (Å²) in [7, 11) is 0. The van der Waals surface area contributed by atoms with E-state index in [0.717, 1.165) is 42.8 Å². The molecule has 0 bridgehead atoms. The van der Waals surface area contributed by atoms with Gasteiger partial charge in [0.25, 0.3) is 0 Å². The highest BCUT2D eigenvalue weighted by Crippen LogP contribution is 2.44. The third kappa shape index (κ3) is 3.75. The Kier molecular flexibility index (Phi) is 4.97. The molecular formula is C23H29NO3. The van der Waals surface area contributed by atoms with Crippen molar-refractivity contribution < 1.29 is 14.9 Å². The topological polar surface area (TPSA) is 52.9 Å². The second kappa shape index (κ2) is 7.27. The summed E-state index contributed by atoms with van der Waals surface area (Å²) in [6.45, 7) is 6.55. The van der Waals surface area contributed by atoms with Crippen molar-refractivity contribution in [2.75, 3.05) is 19.6 Å². The first kappa shape index (κ1) is 18.5. The molecule has 27 heavy (non-hydrogen) atoms. The van der Waals surface area contributed by atoms with Crippen LogP contribution in [0.25, 0.3) is 0 Å². The number of piperidine rings is 1. The molecule has 0 aliphatic carbocycles. The third-order valence-corrected chi connectivity index (χ3v) is 6.28. The van der Waals surface area contributed by atoms with Crippen LogP contribution in [0.4, 0.5) is 0 Å². The van der Waals surface area contributed by atoms with Crippen molar-refractivity contribution in [1.82, 2.24) is 4.90 Å². The highest BCUT2D eigenvalue weighted by Gasteiger charge is 2.42. The molecule has 2 aliphatic heterocycles. The number of ether oxygens (including phenoxy) is 1. The lowest BCUT2D eigenvalue weighted by molar-refractivity contribution is -0.0587. The number of hydrogen-bond acceptors (Lipinski definition) is 4. The number of fused-ring (bicyclic) bond motifs is 1. The van der Waals surface area contributed by atoms with Crippen LogP contribution in [-0.2, 0) is 0 Å². The molecule has 2 N–H and O–H groups in total. The van der Waals surface area contributed by atoms with Crippen molar-refractivity contribution in [2.45, 2.75) is 50.9 Å². The molecule has 2 aromatic carbocycles. The number of para-hydroxylation sites is 1. The van der Waals surface area contributed by atoms with Crippen molar-refractivity contribution in [2.24, 2.45) is 0 Å². The Morgan fingerprint density at radius 2 is 1.85 bits per heavy atom. The Hall–Kier alpha value is -1.88. The number of benzene rings is 2. The van der Waals surface area contributed by atoms with Crippen LogP contribution in [0.3, 0.4) is 0 Å². The van der Waals surface area contributed by atoms with Crippen molar-refractivity contribution in [1.29, 1.82) is 0 Å². The summed E-state index contributed by atoms with van der Waals surface area (Å²) in [5.41, 5.74) is 4.06. The summed E-state index contributed by atoms with van der Waals surface area (Å²) < 4.78 is 6.35. The monoisotopic (exact) mass is 367 g/mol. The van der Waals surface area contributed by atoms with Gasteiger partial charge < -0.3 is 19.8 Å². The predicted octanol–water partition coefficient (Wildman–Crippen LogP) is 3.69. The van der Waals surface area contributed by atoms with Crippen molar-refractivity contribution in [3.63, 3.8) is 0 Å². The number of likely N-dealkylation sites (tertiary alicyclic amines) is 1. The van der Waals surface area contributed by atoms with Crippen LogP contribution in [0.15, 0.2) is 42.5 Å². The maximum atomic E-state index is 10.6. The van der Waals surface area contributed by atoms with Crippen LogP contribution in [0.5, 0.6) is 5.75 Å². The van der Waals surface area contributed by atoms with Gasteiger partial charge in [0.2, 0.25) is 0 Å². The lowest BCUT2D eigenvalue weighted by atomic mass is 9.81. The predicted molar refractivity (Wildman–Crippen MR) is 106 cm³/mol. The first-order valence-electron chi connectivity index (χ1n) is 9.89. The fraction of sp³-hybridized carbons (Fsp3) is 0.478. The molecule has 144 valence electrons. The van der Waals surface area contributed by atoms with Gasteiger partial charge in [0.1, 0.15) is 11.4 Å². The summed E-state index contributed by atoms with van der Waals surface area (Å²) in [5.74, 6) is 0.819. The van der Waals surface area contributed by atoms with Gasteiger partial charge in [-0.2, -0.15) is 0 Å². The summed E-state index contributed by atoms with van der Waals surface area (Å²) >= 11 is 0. The second-order valence-electron chi connectivity index (χ2n) is 8.20. The lowest BCUT2D eigenvalue weighted by Gasteiger charge is -2.46. The molecule has 4 nitrogen and oxygen atoms in total. The van der Waals surface area contributed by atoms with E-state index in [-0.39, 0.29) is 5.60 Å². The second-order valence-corrected chi connectivity index (χ2v) is 8.20. The summed E-state index contributed by atoms with van der Waals surface area (Å²) in [6, 6.07) is 14.0. The van der Waals surface area contributed by atoms with E-state index in [4.69, 9.17) is 4.74 Å². The standard InChI is InChI=1S/C23H29NO3/c1-16-7-8-18(13-17(16)2)21(26)15-24-11-9-23(10-12-24)14-20(25)19-5-3-4-6-22(19)27-23/h3-8,13,20-21,25-26H,9-12,14-15H2,1-2H3/t20-,21+/m1/s1. The first-order valence-corrected chi connectivity index (χ1v) is 9.89. The number of β-amino-alcohol motifs (C(OH)–C–C–N with tert-alkyl or cyclic N) is 1. The normalized spacial score (nSPS) is 22.9. The van der Waals surface area contributed by atoms with Crippen LogP contribution in [-0.4, -0.2) is 40.3 Å². The van der Waals surface area contributed by atoms with E-state index in [1.807, 2.05) is 30.3 Å². The molecule has 2 aliphatic rings. The zero-order valence-electron chi connectivity index (χ0n) is 16.2. The maximum Gasteiger partial charge on any atom is 0.125 e. The average molecular weight is 367 g/mol. The van der Waals surface area contributed by atoms with Crippen LogP contribution in [0, 0.1) is 13.8 Å². The Morgan fingerprint density at radius 1 is 1.11 bits per heavy atom. The van der Waals surface area contributed by atoms with Crippen LogP contribution >= 0.6 is 0 Å². The van der Waals surface area contributed by atoms with E-state index in [1.54, 1.807) is 0 Å². The molecule has 0 amide bonds. The van der Waals surface area contributed by atoms with Crippen LogP contribution < -0.4 is 4.74 Å². The number of hydrogen-bond donors (Lipinski definition) is 2.